The Kier molecular flexibility index (Phi) is 5.52. The van der Waals surface area contributed by atoms with E-state index in [1.807, 2.05) is 23.1 Å². The molecule has 0 aliphatic carbocycles. The van der Waals surface area contributed by atoms with E-state index in [-0.39, 0.29) is 11.7 Å². The lowest BCUT2D eigenvalue weighted by molar-refractivity contribution is -0.137. The molecule has 26 heavy (non-hydrogen) atoms. The predicted octanol–water partition coefficient (Wildman–Crippen LogP) is 3.97. The smallest absolute Gasteiger partial charge is 0.263 e. The Morgan fingerprint density at radius 2 is 1.73 bits per heavy atom. The van der Waals surface area contributed by atoms with E-state index in [1.165, 1.54) is 18.1 Å². The highest BCUT2D eigenvalue weighted by molar-refractivity contribution is 5.94. The molecule has 0 fully saturated rings. The molecule has 1 amide bonds. The van der Waals surface area contributed by atoms with Gasteiger partial charge in [0.1, 0.15) is 5.75 Å². The van der Waals surface area contributed by atoms with E-state index < -0.39 is 6.10 Å². The van der Waals surface area contributed by atoms with Crippen molar-refractivity contribution in [3.63, 3.8) is 0 Å². The molecule has 0 N–H and O–H groups in total. The molecule has 0 saturated heterocycles. The second-order valence-electron chi connectivity index (χ2n) is 6.47. The number of Topliss-reactive ketones (excluding diaryl/α,β-unsaturated/α-hetero) is 1. The number of benzene rings is 2. The topological polar surface area (TPSA) is 46.6 Å². The van der Waals surface area contributed by atoms with E-state index in [1.54, 1.807) is 31.2 Å². The fraction of sp³-hybridized carbons (Fsp3) is 0.273. The van der Waals surface area contributed by atoms with Gasteiger partial charge in [0.25, 0.3) is 5.91 Å². The van der Waals surface area contributed by atoms with Gasteiger partial charge in [-0.05, 0) is 55.7 Å². The average Bonchev–Trinajstić information content (AvgIpc) is 2.68. The van der Waals surface area contributed by atoms with E-state index >= 15 is 0 Å². The minimum Gasteiger partial charge on any atom is -0.481 e. The highest BCUT2D eigenvalue weighted by Gasteiger charge is 2.24. The summed E-state index contributed by atoms with van der Waals surface area (Å²) < 4.78 is 5.75. The van der Waals surface area contributed by atoms with Crippen LogP contribution in [0.3, 0.4) is 0 Å². The van der Waals surface area contributed by atoms with Crippen molar-refractivity contribution in [2.45, 2.75) is 26.4 Å². The monoisotopic (exact) mass is 349 g/mol. The Bertz CT molecular complexity index is 809. The highest BCUT2D eigenvalue weighted by atomic mass is 16.5. The summed E-state index contributed by atoms with van der Waals surface area (Å²) in [5.41, 5.74) is 3.13. The molecule has 2 aromatic carbocycles. The van der Waals surface area contributed by atoms with Crippen LogP contribution in [0.15, 0.2) is 60.7 Å². The van der Waals surface area contributed by atoms with E-state index in [2.05, 4.69) is 18.2 Å². The van der Waals surface area contributed by atoms with Gasteiger partial charge in [-0.15, -0.1) is 0 Å². The molecule has 4 heteroatoms. The Morgan fingerprint density at radius 3 is 2.31 bits per heavy atom. The Labute approximate surface area is 154 Å². The molecular formula is C22H23NO3. The van der Waals surface area contributed by atoms with Gasteiger partial charge in [-0.1, -0.05) is 36.4 Å². The molecule has 134 valence electrons. The van der Waals surface area contributed by atoms with E-state index in [0.29, 0.717) is 24.4 Å². The lowest BCUT2D eigenvalue weighted by Crippen LogP contribution is -2.42. The number of hydrogen-bond acceptors (Lipinski definition) is 3. The molecule has 1 heterocycles. The van der Waals surface area contributed by atoms with Gasteiger partial charge < -0.3 is 9.64 Å². The number of carbonyl (C=O) groups is 2. The number of hydrogen-bond donors (Lipinski definition) is 0. The van der Waals surface area contributed by atoms with Crippen LogP contribution in [0.2, 0.25) is 0 Å². The van der Waals surface area contributed by atoms with Gasteiger partial charge in [0, 0.05) is 18.7 Å². The quantitative estimate of drug-likeness (QED) is 0.767. The number of nitrogens with zero attached hydrogens (tertiary/aromatic N) is 1. The summed E-state index contributed by atoms with van der Waals surface area (Å²) in [5, 5.41) is 0. The maximum Gasteiger partial charge on any atom is 0.263 e. The van der Waals surface area contributed by atoms with Crippen LogP contribution >= 0.6 is 0 Å². The maximum absolute atomic E-state index is 12.6. The molecule has 1 aliphatic rings. The van der Waals surface area contributed by atoms with Crippen molar-refractivity contribution in [3.05, 3.63) is 71.8 Å². The van der Waals surface area contributed by atoms with E-state index in [0.717, 1.165) is 6.42 Å². The van der Waals surface area contributed by atoms with Gasteiger partial charge >= 0.3 is 0 Å². The van der Waals surface area contributed by atoms with Gasteiger partial charge in [-0.25, -0.2) is 0 Å². The Hall–Kier alpha value is -2.88. The fourth-order valence-electron chi connectivity index (χ4n) is 3.06. The average molecular weight is 349 g/mol. The molecule has 1 aliphatic heterocycles. The molecule has 3 rings (SSSR count). The third kappa shape index (κ3) is 4.20. The lowest BCUT2D eigenvalue weighted by Gasteiger charge is -2.29. The van der Waals surface area contributed by atoms with Gasteiger partial charge in [0.15, 0.2) is 11.9 Å². The summed E-state index contributed by atoms with van der Waals surface area (Å²) in [7, 11) is 0. The third-order valence-electron chi connectivity index (χ3n) is 4.59. The molecule has 0 spiro atoms. The minimum absolute atomic E-state index is 0.00926. The molecule has 0 aromatic heterocycles. The summed E-state index contributed by atoms with van der Waals surface area (Å²) in [4.78, 5) is 25.8. The minimum atomic E-state index is -0.565. The standard InChI is InChI=1S/C22H23NO3/c1-16(24)18-8-10-21(11-9-18)26-17(2)22(25)23-14-12-20(13-15-23)19-6-4-3-5-7-19/h3-12,17H,13-15H2,1-2H3/t17-/m0/s1. The molecule has 0 unspecified atom stereocenters. The SMILES string of the molecule is CC(=O)c1ccc(O[C@@H](C)C(=O)N2CC=C(c3ccccc3)CC2)cc1. The number of ether oxygens (including phenoxy) is 1. The third-order valence-corrected chi connectivity index (χ3v) is 4.59. The zero-order valence-electron chi connectivity index (χ0n) is 15.1. The number of amides is 1. The van der Waals surface area contributed by atoms with Gasteiger partial charge in [-0.3, -0.25) is 9.59 Å². The largest absolute Gasteiger partial charge is 0.481 e. The lowest BCUT2D eigenvalue weighted by atomic mass is 9.99. The molecule has 0 radical (unpaired) electrons. The van der Waals surface area contributed by atoms with Crippen LogP contribution < -0.4 is 4.74 Å². The summed E-state index contributed by atoms with van der Waals surface area (Å²) in [6.07, 6.45) is 2.39. The van der Waals surface area contributed by atoms with Crippen LogP contribution in [-0.4, -0.2) is 35.8 Å². The second-order valence-corrected chi connectivity index (χ2v) is 6.47. The van der Waals surface area contributed by atoms with E-state index in [9.17, 15) is 9.59 Å². The first-order chi connectivity index (χ1) is 12.5. The van der Waals surface area contributed by atoms with Crippen molar-refractivity contribution in [1.82, 2.24) is 4.90 Å². The van der Waals surface area contributed by atoms with Crippen LogP contribution in [0.25, 0.3) is 5.57 Å². The van der Waals surface area contributed by atoms with E-state index in [4.69, 9.17) is 4.74 Å². The summed E-state index contributed by atoms with van der Waals surface area (Å²) in [6.45, 7) is 4.57. The molecular weight excluding hydrogens is 326 g/mol. The normalized spacial score (nSPS) is 15.2. The fourth-order valence-corrected chi connectivity index (χ4v) is 3.06. The number of rotatable bonds is 5. The summed E-state index contributed by atoms with van der Waals surface area (Å²) >= 11 is 0. The number of ketones is 1. The van der Waals surface area contributed by atoms with Crippen molar-refractivity contribution in [3.8, 4) is 5.75 Å². The number of carbonyl (C=O) groups excluding carboxylic acids is 2. The second kappa shape index (κ2) is 8.00. The van der Waals surface area contributed by atoms with Gasteiger partial charge in [0.2, 0.25) is 0 Å². The van der Waals surface area contributed by atoms with Crippen LogP contribution in [0.1, 0.15) is 36.2 Å². The first-order valence-corrected chi connectivity index (χ1v) is 8.85. The van der Waals surface area contributed by atoms with Gasteiger partial charge in [0.05, 0.1) is 0 Å². The molecule has 0 bridgehead atoms. The van der Waals surface area contributed by atoms with Gasteiger partial charge in [-0.2, -0.15) is 0 Å². The summed E-state index contributed by atoms with van der Waals surface area (Å²) in [5.74, 6) is 0.576. The van der Waals surface area contributed by atoms with Crippen molar-refractivity contribution in [2.75, 3.05) is 13.1 Å². The zero-order valence-corrected chi connectivity index (χ0v) is 15.1. The highest BCUT2D eigenvalue weighted by Crippen LogP contribution is 2.23. The first-order valence-electron chi connectivity index (χ1n) is 8.85. The van der Waals surface area contributed by atoms with Crippen molar-refractivity contribution < 1.29 is 14.3 Å². The molecule has 0 saturated carbocycles. The van der Waals surface area contributed by atoms with Crippen molar-refractivity contribution in [1.29, 1.82) is 0 Å². The molecule has 4 nitrogen and oxygen atoms in total. The van der Waals surface area contributed by atoms with Crippen LogP contribution in [0, 0.1) is 0 Å². The maximum atomic E-state index is 12.6. The Morgan fingerprint density at radius 1 is 1.04 bits per heavy atom. The predicted molar refractivity (Wildman–Crippen MR) is 102 cm³/mol. The first kappa shape index (κ1) is 17.9. The van der Waals surface area contributed by atoms with Crippen molar-refractivity contribution >= 4 is 17.3 Å². The van der Waals surface area contributed by atoms with Crippen LogP contribution in [-0.2, 0) is 4.79 Å². The molecule has 1 atom stereocenters. The Balaban J connectivity index is 1.59. The van der Waals surface area contributed by atoms with Crippen molar-refractivity contribution in [2.24, 2.45) is 0 Å². The van der Waals surface area contributed by atoms with Crippen LogP contribution in [0.4, 0.5) is 0 Å². The van der Waals surface area contributed by atoms with Crippen LogP contribution in [0.5, 0.6) is 5.75 Å². The summed E-state index contributed by atoms with van der Waals surface area (Å²) in [6, 6.07) is 17.1. The molecule has 2 aromatic rings. The zero-order chi connectivity index (χ0) is 18.5.